The molecule has 1 amide bonds. The van der Waals surface area contributed by atoms with E-state index >= 15 is 0 Å². The number of anilines is 1. The number of aromatic amines is 1. The predicted octanol–water partition coefficient (Wildman–Crippen LogP) is 1.68. The molecule has 1 aromatic carbocycles. The fourth-order valence-corrected chi connectivity index (χ4v) is 1.24. The van der Waals surface area contributed by atoms with Gasteiger partial charge in [0.15, 0.2) is 0 Å². The van der Waals surface area contributed by atoms with Crippen LogP contribution in [0.25, 0.3) is 11.0 Å². The predicted molar refractivity (Wildman–Crippen MR) is 52.5 cm³/mol. The number of imidazole rings is 1. The summed E-state index contributed by atoms with van der Waals surface area (Å²) in [5.41, 5.74) is 2.28. The summed E-state index contributed by atoms with van der Waals surface area (Å²) in [6, 6.07) is 5.24. The number of nitrogens with one attached hydrogen (secondary N) is 1. The van der Waals surface area contributed by atoms with Crippen molar-refractivity contribution in [3.8, 4) is 0 Å². The molecule has 0 fully saturated rings. The number of fused-ring (bicyclic) bond motifs is 1. The molecule has 0 aliphatic rings. The van der Waals surface area contributed by atoms with E-state index < -0.39 is 6.09 Å². The zero-order chi connectivity index (χ0) is 10.1. The standard InChI is InChI=1S/C9H9N3O2/c1-12(9(13)14)6-2-3-7-8(4-6)11-5-10-7/h2-5H,1H3,(H,10,11)(H,13,14). The Morgan fingerprint density at radius 2 is 2.36 bits per heavy atom. The first-order valence-corrected chi connectivity index (χ1v) is 4.08. The van der Waals surface area contributed by atoms with Gasteiger partial charge in [0.25, 0.3) is 0 Å². The van der Waals surface area contributed by atoms with Crippen molar-refractivity contribution >= 4 is 22.8 Å². The van der Waals surface area contributed by atoms with Crippen LogP contribution in [0, 0.1) is 0 Å². The largest absolute Gasteiger partial charge is 0.465 e. The highest BCUT2D eigenvalue weighted by Crippen LogP contribution is 2.18. The molecule has 5 heteroatoms. The zero-order valence-corrected chi connectivity index (χ0v) is 7.56. The van der Waals surface area contributed by atoms with Gasteiger partial charge in [-0.05, 0) is 18.2 Å². The highest BCUT2D eigenvalue weighted by Gasteiger charge is 2.08. The third-order valence-electron chi connectivity index (χ3n) is 2.08. The van der Waals surface area contributed by atoms with E-state index in [0.717, 1.165) is 15.9 Å². The number of rotatable bonds is 1. The molecule has 14 heavy (non-hydrogen) atoms. The molecule has 2 rings (SSSR count). The van der Waals surface area contributed by atoms with Crippen LogP contribution < -0.4 is 4.90 Å². The maximum atomic E-state index is 10.7. The molecule has 72 valence electrons. The molecule has 0 saturated heterocycles. The second kappa shape index (κ2) is 3.02. The number of benzene rings is 1. The molecule has 0 saturated carbocycles. The Labute approximate surface area is 80.0 Å². The molecule has 1 heterocycles. The van der Waals surface area contributed by atoms with E-state index in [1.165, 1.54) is 7.05 Å². The molecule has 1 aromatic heterocycles. The van der Waals surface area contributed by atoms with Gasteiger partial charge < -0.3 is 10.1 Å². The van der Waals surface area contributed by atoms with Crippen LogP contribution in [0.15, 0.2) is 24.5 Å². The Morgan fingerprint density at radius 3 is 3.07 bits per heavy atom. The van der Waals surface area contributed by atoms with E-state index in [2.05, 4.69) is 9.97 Å². The van der Waals surface area contributed by atoms with Crippen molar-refractivity contribution in [1.82, 2.24) is 9.97 Å². The van der Waals surface area contributed by atoms with Crippen molar-refractivity contribution in [2.24, 2.45) is 0 Å². The maximum absolute atomic E-state index is 10.7. The van der Waals surface area contributed by atoms with E-state index in [1.807, 2.05) is 0 Å². The van der Waals surface area contributed by atoms with Crippen LogP contribution in [0.5, 0.6) is 0 Å². The molecule has 0 spiro atoms. The third kappa shape index (κ3) is 1.28. The summed E-state index contributed by atoms with van der Waals surface area (Å²) in [5.74, 6) is 0. The van der Waals surface area contributed by atoms with Gasteiger partial charge in [0.2, 0.25) is 0 Å². The number of hydrogen-bond donors (Lipinski definition) is 2. The van der Waals surface area contributed by atoms with Crippen molar-refractivity contribution in [1.29, 1.82) is 0 Å². The van der Waals surface area contributed by atoms with Gasteiger partial charge in [-0.1, -0.05) is 0 Å². The SMILES string of the molecule is CN(C(=O)O)c1ccc2nc[nH]c2c1. The first-order chi connectivity index (χ1) is 6.68. The molecule has 0 aliphatic carbocycles. The lowest BCUT2D eigenvalue weighted by Gasteiger charge is -2.12. The number of carboxylic acid groups (broad SMARTS) is 1. The molecular formula is C9H9N3O2. The second-order valence-electron chi connectivity index (χ2n) is 2.95. The maximum Gasteiger partial charge on any atom is 0.411 e. The van der Waals surface area contributed by atoms with Crippen LogP contribution in [0.3, 0.4) is 0 Å². The number of H-pyrrole nitrogens is 1. The van der Waals surface area contributed by atoms with Gasteiger partial charge in [-0.2, -0.15) is 0 Å². The Kier molecular flexibility index (Phi) is 1.85. The monoisotopic (exact) mass is 191 g/mol. The van der Waals surface area contributed by atoms with Gasteiger partial charge in [0.1, 0.15) is 0 Å². The van der Waals surface area contributed by atoms with Gasteiger partial charge in [0, 0.05) is 12.7 Å². The van der Waals surface area contributed by atoms with Crippen LogP contribution in [0.2, 0.25) is 0 Å². The highest BCUT2D eigenvalue weighted by molar-refractivity contribution is 5.89. The molecule has 0 unspecified atom stereocenters. The van der Waals surface area contributed by atoms with E-state index in [4.69, 9.17) is 5.11 Å². The topological polar surface area (TPSA) is 69.2 Å². The van der Waals surface area contributed by atoms with Gasteiger partial charge >= 0.3 is 6.09 Å². The molecular weight excluding hydrogens is 182 g/mol. The number of amides is 1. The number of aromatic nitrogens is 2. The van der Waals surface area contributed by atoms with E-state index in [-0.39, 0.29) is 0 Å². The second-order valence-corrected chi connectivity index (χ2v) is 2.95. The minimum absolute atomic E-state index is 0.620. The molecule has 5 nitrogen and oxygen atoms in total. The van der Waals surface area contributed by atoms with Gasteiger partial charge in [-0.15, -0.1) is 0 Å². The number of carbonyl (C=O) groups is 1. The van der Waals surface area contributed by atoms with Crippen molar-refractivity contribution in [2.75, 3.05) is 11.9 Å². The van der Waals surface area contributed by atoms with Crippen LogP contribution >= 0.6 is 0 Å². The van der Waals surface area contributed by atoms with E-state index in [9.17, 15) is 4.79 Å². The molecule has 0 aliphatic heterocycles. The average Bonchev–Trinajstić information content (AvgIpc) is 2.62. The Hall–Kier alpha value is -2.04. The average molecular weight is 191 g/mol. The Balaban J connectivity index is 2.48. The van der Waals surface area contributed by atoms with Crippen LogP contribution in [-0.4, -0.2) is 28.2 Å². The summed E-state index contributed by atoms with van der Waals surface area (Å²) in [7, 11) is 1.50. The smallest absolute Gasteiger partial charge is 0.411 e. The Morgan fingerprint density at radius 1 is 1.57 bits per heavy atom. The van der Waals surface area contributed by atoms with Gasteiger partial charge in [-0.25, -0.2) is 9.78 Å². The molecule has 2 N–H and O–H groups in total. The fraction of sp³-hybridized carbons (Fsp3) is 0.111. The van der Waals surface area contributed by atoms with Gasteiger partial charge in [-0.3, -0.25) is 4.90 Å². The molecule has 0 atom stereocenters. The molecule has 2 aromatic rings. The highest BCUT2D eigenvalue weighted by atomic mass is 16.4. The first-order valence-electron chi connectivity index (χ1n) is 4.08. The Bertz CT molecular complexity index is 478. The minimum Gasteiger partial charge on any atom is -0.465 e. The van der Waals surface area contributed by atoms with Crippen molar-refractivity contribution < 1.29 is 9.90 Å². The summed E-state index contributed by atoms with van der Waals surface area (Å²) in [6.45, 7) is 0. The number of nitrogens with zero attached hydrogens (tertiary/aromatic N) is 2. The summed E-state index contributed by atoms with van der Waals surface area (Å²) in [4.78, 5) is 18.8. The minimum atomic E-state index is -0.983. The van der Waals surface area contributed by atoms with Crippen molar-refractivity contribution in [3.63, 3.8) is 0 Å². The molecule has 0 radical (unpaired) electrons. The first kappa shape index (κ1) is 8.55. The normalized spacial score (nSPS) is 10.4. The lowest BCUT2D eigenvalue weighted by Crippen LogP contribution is -2.23. The summed E-state index contributed by atoms with van der Waals surface area (Å²) >= 11 is 0. The summed E-state index contributed by atoms with van der Waals surface area (Å²) in [6.07, 6.45) is 0.596. The number of hydrogen-bond acceptors (Lipinski definition) is 2. The lowest BCUT2D eigenvalue weighted by molar-refractivity contribution is 0.203. The van der Waals surface area contributed by atoms with Crippen LogP contribution in [0.4, 0.5) is 10.5 Å². The van der Waals surface area contributed by atoms with Crippen LogP contribution in [-0.2, 0) is 0 Å². The summed E-state index contributed by atoms with van der Waals surface area (Å²) < 4.78 is 0. The van der Waals surface area contributed by atoms with Crippen molar-refractivity contribution in [3.05, 3.63) is 24.5 Å². The summed E-state index contributed by atoms with van der Waals surface area (Å²) in [5, 5.41) is 8.76. The third-order valence-corrected chi connectivity index (χ3v) is 2.08. The zero-order valence-electron chi connectivity index (χ0n) is 7.56. The molecule has 0 bridgehead atoms. The van der Waals surface area contributed by atoms with E-state index in [1.54, 1.807) is 24.5 Å². The quantitative estimate of drug-likeness (QED) is 0.720. The van der Waals surface area contributed by atoms with Gasteiger partial charge in [0.05, 0.1) is 17.4 Å². The lowest BCUT2D eigenvalue weighted by atomic mass is 10.2. The van der Waals surface area contributed by atoms with Crippen LogP contribution in [0.1, 0.15) is 0 Å². The van der Waals surface area contributed by atoms with Crippen molar-refractivity contribution in [2.45, 2.75) is 0 Å². The van der Waals surface area contributed by atoms with E-state index in [0.29, 0.717) is 5.69 Å². The fourth-order valence-electron chi connectivity index (χ4n) is 1.24.